The highest BCUT2D eigenvalue weighted by atomic mass is 35.5. The first-order chi connectivity index (χ1) is 10.0. The zero-order valence-corrected chi connectivity index (χ0v) is 12.9. The summed E-state index contributed by atoms with van der Waals surface area (Å²) in [5.41, 5.74) is 2.68. The van der Waals surface area contributed by atoms with E-state index in [0.717, 1.165) is 16.8 Å². The molecule has 2 aromatic carbocycles. The minimum absolute atomic E-state index is 0.344. The van der Waals surface area contributed by atoms with Gasteiger partial charge in [0.25, 0.3) is 0 Å². The maximum atomic E-state index is 13.3. The highest BCUT2D eigenvalue weighted by Crippen LogP contribution is 2.33. The Hall–Kier alpha value is -1.94. The van der Waals surface area contributed by atoms with Crippen molar-refractivity contribution in [3.8, 4) is 11.5 Å². The Morgan fingerprint density at radius 2 is 1.71 bits per heavy atom. The number of halogens is 2. The first-order valence-electron chi connectivity index (χ1n) is 6.45. The molecule has 5 heteroatoms. The standard InChI is InChI=1S/C16H17ClFNO2/c1-10-4-15(20-2)16(21-3)8-14(10)19-9-11-5-12(17)7-13(18)6-11/h4-8,19H,9H2,1-3H3. The molecule has 0 amide bonds. The largest absolute Gasteiger partial charge is 0.493 e. The summed E-state index contributed by atoms with van der Waals surface area (Å²) in [4.78, 5) is 0. The van der Waals surface area contributed by atoms with E-state index in [1.807, 2.05) is 19.1 Å². The van der Waals surface area contributed by atoms with Crippen LogP contribution in [0.4, 0.5) is 10.1 Å². The van der Waals surface area contributed by atoms with Crippen molar-refractivity contribution in [3.05, 3.63) is 52.3 Å². The van der Waals surface area contributed by atoms with Crippen molar-refractivity contribution in [2.75, 3.05) is 19.5 Å². The molecule has 0 atom stereocenters. The van der Waals surface area contributed by atoms with Gasteiger partial charge in [0.2, 0.25) is 0 Å². The Kier molecular flexibility index (Phi) is 4.91. The fourth-order valence-corrected chi connectivity index (χ4v) is 2.33. The van der Waals surface area contributed by atoms with Gasteiger partial charge in [0.05, 0.1) is 14.2 Å². The van der Waals surface area contributed by atoms with Gasteiger partial charge in [-0.1, -0.05) is 11.6 Å². The zero-order chi connectivity index (χ0) is 15.4. The molecule has 0 aliphatic heterocycles. The van der Waals surface area contributed by atoms with Crippen molar-refractivity contribution in [1.82, 2.24) is 0 Å². The second-order valence-electron chi connectivity index (χ2n) is 4.65. The average molecular weight is 310 g/mol. The number of anilines is 1. The highest BCUT2D eigenvalue weighted by molar-refractivity contribution is 6.30. The van der Waals surface area contributed by atoms with Gasteiger partial charge in [0, 0.05) is 23.3 Å². The molecular weight excluding hydrogens is 293 g/mol. The van der Waals surface area contributed by atoms with Crippen LogP contribution in [0.2, 0.25) is 5.02 Å². The van der Waals surface area contributed by atoms with Crippen LogP contribution in [0.3, 0.4) is 0 Å². The van der Waals surface area contributed by atoms with E-state index < -0.39 is 0 Å². The number of rotatable bonds is 5. The lowest BCUT2D eigenvalue weighted by Crippen LogP contribution is -2.03. The minimum Gasteiger partial charge on any atom is -0.493 e. The molecule has 21 heavy (non-hydrogen) atoms. The fraction of sp³-hybridized carbons (Fsp3) is 0.250. The van der Waals surface area contributed by atoms with Crippen LogP contribution in [0.1, 0.15) is 11.1 Å². The van der Waals surface area contributed by atoms with Gasteiger partial charge in [-0.2, -0.15) is 0 Å². The first kappa shape index (κ1) is 15.4. The topological polar surface area (TPSA) is 30.5 Å². The minimum atomic E-state index is -0.344. The van der Waals surface area contributed by atoms with Gasteiger partial charge in [-0.05, 0) is 42.3 Å². The third-order valence-electron chi connectivity index (χ3n) is 3.14. The predicted molar refractivity (Wildman–Crippen MR) is 83.0 cm³/mol. The fourth-order valence-electron chi connectivity index (χ4n) is 2.08. The van der Waals surface area contributed by atoms with Crippen LogP contribution in [-0.4, -0.2) is 14.2 Å². The summed E-state index contributed by atoms with van der Waals surface area (Å²) in [6.07, 6.45) is 0. The second-order valence-corrected chi connectivity index (χ2v) is 5.09. The van der Waals surface area contributed by atoms with Crippen LogP contribution in [0, 0.1) is 12.7 Å². The zero-order valence-electron chi connectivity index (χ0n) is 12.2. The van der Waals surface area contributed by atoms with Gasteiger partial charge in [-0.25, -0.2) is 4.39 Å². The smallest absolute Gasteiger partial charge is 0.162 e. The quantitative estimate of drug-likeness (QED) is 0.887. The van der Waals surface area contributed by atoms with E-state index in [9.17, 15) is 4.39 Å². The molecule has 0 bridgehead atoms. The Morgan fingerprint density at radius 1 is 1.05 bits per heavy atom. The summed E-state index contributed by atoms with van der Waals surface area (Å²) < 4.78 is 23.8. The maximum Gasteiger partial charge on any atom is 0.162 e. The number of ether oxygens (including phenoxy) is 2. The van der Waals surface area contributed by atoms with Crippen LogP contribution in [0.5, 0.6) is 11.5 Å². The molecule has 0 saturated heterocycles. The summed E-state index contributed by atoms with van der Waals surface area (Å²) in [5.74, 6) is 0.973. The summed E-state index contributed by atoms with van der Waals surface area (Å²) in [6, 6.07) is 8.21. The lowest BCUT2D eigenvalue weighted by molar-refractivity contribution is 0.355. The number of hydrogen-bond acceptors (Lipinski definition) is 3. The third-order valence-corrected chi connectivity index (χ3v) is 3.35. The van der Waals surface area contributed by atoms with E-state index in [1.165, 1.54) is 12.1 Å². The Balaban J connectivity index is 2.19. The second kappa shape index (κ2) is 6.68. The highest BCUT2D eigenvalue weighted by Gasteiger charge is 2.08. The van der Waals surface area contributed by atoms with Crippen LogP contribution in [0.15, 0.2) is 30.3 Å². The molecule has 2 rings (SSSR count). The molecule has 0 heterocycles. The Morgan fingerprint density at radius 3 is 2.33 bits per heavy atom. The number of aryl methyl sites for hydroxylation is 1. The molecule has 0 aliphatic rings. The SMILES string of the molecule is COc1cc(C)c(NCc2cc(F)cc(Cl)c2)cc1OC. The molecule has 3 nitrogen and oxygen atoms in total. The monoisotopic (exact) mass is 309 g/mol. The van der Waals surface area contributed by atoms with E-state index in [-0.39, 0.29) is 5.82 Å². The van der Waals surface area contributed by atoms with Crippen LogP contribution in [-0.2, 0) is 6.54 Å². The Bertz CT molecular complexity index is 626. The lowest BCUT2D eigenvalue weighted by Gasteiger charge is -2.14. The van der Waals surface area contributed by atoms with E-state index in [1.54, 1.807) is 20.3 Å². The Labute approximate surface area is 128 Å². The van der Waals surface area contributed by atoms with E-state index in [0.29, 0.717) is 23.1 Å². The number of benzene rings is 2. The molecule has 0 aromatic heterocycles. The number of hydrogen-bond donors (Lipinski definition) is 1. The van der Waals surface area contributed by atoms with E-state index >= 15 is 0 Å². The molecule has 0 radical (unpaired) electrons. The third kappa shape index (κ3) is 3.79. The van der Waals surface area contributed by atoms with Crippen molar-refractivity contribution in [1.29, 1.82) is 0 Å². The van der Waals surface area contributed by atoms with Gasteiger partial charge in [0.15, 0.2) is 11.5 Å². The number of methoxy groups -OCH3 is 2. The maximum absolute atomic E-state index is 13.3. The molecule has 0 aliphatic carbocycles. The number of nitrogens with one attached hydrogen (secondary N) is 1. The first-order valence-corrected chi connectivity index (χ1v) is 6.82. The van der Waals surface area contributed by atoms with Gasteiger partial charge >= 0.3 is 0 Å². The molecule has 0 fully saturated rings. The normalized spacial score (nSPS) is 10.3. The van der Waals surface area contributed by atoms with Crippen molar-refractivity contribution in [2.45, 2.75) is 13.5 Å². The summed E-state index contributed by atoms with van der Waals surface area (Å²) in [6.45, 7) is 2.43. The van der Waals surface area contributed by atoms with E-state index in [2.05, 4.69) is 5.32 Å². The molecular formula is C16H17ClFNO2. The van der Waals surface area contributed by atoms with E-state index in [4.69, 9.17) is 21.1 Å². The van der Waals surface area contributed by atoms with Crippen molar-refractivity contribution >= 4 is 17.3 Å². The van der Waals surface area contributed by atoms with Gasteiger partial charge < -0.3 is 14.8 Å². The molecule has 0 unspecified atom stereocenters. The van der Waals surface area contributed by atoms with Crippen molar-refractivity contribution < 1.29 is 13.9 Å². The predicted octanol–water partition coefficient (Wildman–Crippen LogP) is 4.42. The van der Waals surface area contributed by atoms with Gasteiger partial charge in [0.1, 0.15) is 5.82 Å². The van der Waals surface area contributed by atoms with Gasteiger partial charge in [-0.15, -0.1) is 0 Å². The molecule has 2 aromatic rings. The summed E-state index contributed by atoms with van der Waals surface area (Å²) >= 11 is 5.85. The van der Waals surface area contributed by atoms with Crippen LogP contribution >= 0.6 is 11.6 Å². The van der Waals surface area contributed by atoms with Crippen molar-refractivity contribution in [3.63, 3.8) is 0 Å². The van der Waals surface area contributed by atoms with Crippen LogP contribution < -0.4 is 14.8 Å². The van der Waals surface area contributed by atoms with Crippen molar-refractivity contribution in [2.24, 2.45) is 0 Å². The molecule has 0 spiro atoms. The lowest BCUT2D eigenvalue weighted by atomic mass is 10.1. The van der Waals surface area contributed by atoms with Gasteiger partial charge in [-0.3, -0.25) is 0 Å². The molecule has 112 valence electrons. The molecule has 1 N–H and O–H groups in total. The van der Waals surface area contributed by atoms with Crippen LogP contribution in [0.25, 0.3) is 0 Å². The molecule has 0 saturated carbocycles. The summed E-state index contributed by atoms with van der Waals surface area (Å²) in [7, 11) is 3.18. The average Bonchev–Trinajstić information content (AvgIpc) is 2.44. The summed E-state index contributed by atoms with van der Waals surface area (Å²) in [5, 5.41) is 3.63.